The number of allylic oxidation sites excluding steroid dienone is 2. The summed E-state index contributed by atoms with van der Waals surface area (Å²) in [4.78, 5) is 156. The van der Waals surface area contributed by atoms with Crippen molar-refractivity contribution in [3.05, 3.63) is 174 Å². The molecule has 16 rings (SSSR count). The zero-order valence-corrected chi connectivity index (χ0v) is 70.3. The fourth-order valence-corrected chi connectivity index (χ4v) is 17.3. The number of fused-ring (bicyclic) bond motifs is 6. The number of carbonyl (C=O) groups excluding carboxylic acids is 12. The topological polar surface area (TPSA) is 368 Å². The summed E-state index contributed by atoms with van der Waals surface area (Å²) < 4.78 is 92.8. The normalized spacial score (nSPS) is 16.9. The van der Waals surface area contributed by atoms with E-state index in [0.29, 0.717) is 79.2 Å². The minimum absolute atomic E-state index is 0.00275. The number of carbonyl (C=O) groups is 12. The lowest BCUT2D eigenvalue weighted by Gasteiger charge is -2.31. The molecule has 6 aliphatic heterocycles. The number of thiophene rings is 3. The van der Waals surface area contributed by atoms with Gasteiger partial charge in [-0.25, -0.2) is 0 Å². The van der Waals surface area contributed by atoms with E-state index in [9.17, 15) is 57.5 Å². The largest absolute Gasteiger partial charge is 0.486 e. The predicted octanol–water partition coefficient (Wildman–Crippen LogP) is 11.9. The van der Waals surface area contributed by atoms with Gasteiger partial charge >= 0.3 is 47.8 Å². The molecule has 0 saturated carbocycles. The number of imide groups is 2. The second kappa shape index (κ2) is 40.0. The summed E-state index contributed by atoms with van der Waals surface area (Å²) in [7, 11) is 0. The molecule has 0 spiro atoms. The average Bonchev–Trinajstić information content (AvgIpc) is 0.973. The minimum atomic E-state index is -0.694. The maximum atomic E-state index is 13.6. The van der Waals surface area contributed by atoms with Crippen LogP contribution in [0.5, 0.6) is 34.5 Å². The van der Waals surface area contributed by atoms with Crippen LogP contribution in [0.3, 0.4) is 0 Å². The van der Waals surface area contributed by atoms with Gasteiger partial charge in [-0.1, -0.05) is 12.1 Å². The number of benzene rings is 2. The molecule has 0 radical (unpaired) electrons. The van der Waals surface area contributed by atoms with E-state index < -0.39 is 71.7 Å². The lowest BCUT2D eigenvalue weighted by Crippen LogP contribution is -2.45. The summed E-state index contributed by atoms with van der Waals surface area (Å²) >= 11 is 4.35. The first-order valence-electron chi connectivity index (χ1n) is 40.8. The first kappa shape index (κ1) is 86.2. The van der Waals surface area contributed by atoms with Crippen LogP contribution in [0.4, 0.5) is 0 Å². The van der Waals surface area contributed by atoms with Crippen LogP contribution in [-0.2, 0) is 98.6 Å². The molecule has 650 valence electrons. The third-order valence-corrected chi connectivity index (χ3v) is 23.5. The Balaban J connectivity index is 0.000000192. The Kier molecular flexibility index (Phi) is 27.8. The molecular formula is C89H88N4O28S3. The van der Waals surface area contributed by atoms with Crippen LogP contribution in [-0.4, -0.2) is 207 Å². The lowest BCUT2D eigenvalue weighted by molar-refractivity contribution is -0.151. The molecular weight excluding hydrogens is 1670 g/mol. The SMILES string of the molecule is Cc1c(CCOC(=O)CCCC(=O)OCC2COC3=CCC=C3O2)c2ccccn2c1-c1c(C)c(CCOC(=O)CCCC(=O)OCC2COc3cscc3O2)c2ccccn12.O=C(CCCC(=O)OCC1COc2cscc2O1)OCCN1C(=O)c2ccc3c4c(ccc(c24)C1=O)C(=O)N(CCOC(=O)CCCC(=O)OCC1COc2cscc2O1)C3=O. The first-order chi connectivity index (χ1) is 60.3. The Bertz CT molecular complexity index is 5410. The second-order valence-electron chi connectivity index (χ2n) is 29.8. The second-order valence-corrected chi connectivity index (χ2v) is 32.0. The van der Waals surface area contributed by atoms with Gasteiger partial charge in [0.05, 0.1) is 37.7 Å². The number of hydrogen-bond acceptors (Lipinski definition) is 31. The van der Waals surface area contributed by atoms with E-state index in [2.05, 4.69) is 34.8 Å². The average molecular weight is 1760 g/mol. The molecule has 7 aliphatic rings. The molecule has 4 amide bonds. The van der Waals surface area contributed by atoms with Crippen LogP contribution in [0.25, 0.3) is 33.2 Å². The highest BCUT2D eigenvalue weighted by Crippen LogP contribution is 2.42. The van der Waals surface area contributed by atoms with Crippen LogP contribution >= 0.6 is 34.0 Å². The Morgan fingerprint density at radius 3 is 1.02 bits per heavy atom. The van der Waals surface area contributed by atoms with Gasteiger partial charge in [0.25, 0.3) is 23.6 Å². The van der Waals surface area contributed by atoms with Gasteiger partial charge in [0.2, 0.25) is 0 Å². The standard InChI is InChI=1S/C47H50N2O12S.C42H38N2O16S2/c1-30-34(18-22-54-42(50)14-8-16-44(52)58-26-32-24-56-38-12-7-13-39(38)60-32)36-10-3-5-20-48(36)46(30)47-31(2)35(37-11-4-6-21-49(37)47)19-23-55-43(51)15-9-17-45(53)59-27-33-25-57-40-28-62-29-41(40)61-33;45-33(3-1-5-35(47)57-17-23-15-55-29-19-61-21-31(29)59-23)53-13-11-43-39(49)25-7-9-27-38-28(10-8-26(37(25)38)40(43)50)42(52)44(41(27)51)12-14-54-34(46)4-2-6-36(48)58-18-24-16-56-30-20-62-22-32(30)60-24/h3-6,10-13,20-21,28-29,32-33H,7-9,14-19,22-27H2,1-2H3;7-10,19-24H,1-6,11-18H2. The number of esters is 8. The summed E-state index contributed by atoms with van der Waals surface area (Å²) in [6.45, 7) is 4.71. The van der Waals surface area contributed by atoms with Crippen LogP contribution in [0.2, 0.25) is 0 Å². The highest BCUT2D eigenvalue weighted by atomic mass is 32.1. The van der Waals surface area contributed by atoms with E-state index in [1.807, 2.05) is 70.3 Å². The molecule has 4 atom stereocenters. The molecule has 2 aromatic carbocycles. The maximum Gasteiger partial charge on any atom is 0.305 e. The minimum Gasteiger partial charge on any atom is -0.486 e. The predicted molar refractivity (Wildman–Crippen MR) is 443 cm³/mol. The van der Waals surface area contributed by atoms with Gasteiger partial charge in [-0.3, -0.25) is 67.3 Å². The molecule has 4 unspecified atom stereocenters. The highest BCUT2D eigenvalue weighted by molar-refractivity contribution is 7.09. The molecule has 32 nitrogen and oxygen atoms in total. The zero-order chi connectivity index (χ0) is 86.3. The number of ether oxygens (including phenoxy) is 16. The fourth-order valence-electron chi connectivity index (χ4n) is 15.3. The summed E-state index contributed by atoms with van der Waals surface area (Å²) in [6, 6.07) is 17.7. The van der Waals surface area contributed by atoms with Crippen molar-refractivity contribution >= 4 is 127 Å². The van der Waals surface area contributed by atoms with Gasteiger partial charge in [0, 0.05) is 153 Å². The maximum absolute atomic E-state index is 13.6. The van der Waals surface area contributed by atoms with Crippen molar-refractivity contribution in [2.45, 2.75) is 135 Å². The van der Waals surface area contributed by atoms with Crippen LogP contribution < -0.4 is 28.4 Å². The smallest absolute Gasteiger partial charge is 0.305 e. The van der Waals surface area contributed by atoms with Crippen molar-refractivity contribution in [1.82, 2.24) is 18.6 Å². The third-order valence-electron chi connectivity index (χ3n) is 21.4. The van der Waals surface area contributed by atoms with E-state index in [0.717, 1.165) is 66.7 Å². The van der Waals surface area contributed by atoms with E-state index in [1.54, 1.807) is 10.8 Å². The molecule has 9 aromatic rings. The molecule has 13 heterocycles. The number of aromatic nitrogens is 2. The molecule has 1 fully saturated rings. The van der Waals surface area contributed by atoms with Gasteiger partial charge in [-0.15, -0.1) is 34.0 Å². The molecule has 7 aromatic heterocycles. The number of hydrogen-bond donors (Lipinski definition) is 0. The number of rotatable bonds is 37. The van der Waals surface area contributed by atoms with Gasteiger partial charge in [-0.05, 0) is 129 Å². The van der Waals surface area contributed by atoms with Crippen LogP contribution in [0.15, 0.2) is 129 Å². The van der Waals surface area contributed by atoms with Crippen LogP contribution in [0, 0.1) is 13.8 Å². The molecule has 1 saturated heterocycles. The number of nitrogens with zero attached hydrogens (tertiary/aromatic N) is 4. The van der Waals surface area contributed by atoms with Gasteiger partial charge in [0.1, 0.15) is 66.1 Å². The van der Waals surface area contributed by atoms with Crippen LogP contribution in [0.1, 0.15) is 147 Å². The lowest BCUT2D eigenvalue weighted by atomic mass is 9.86. The van der Waals surface area contributed by atoms with Crippen molar-refractivity contribution in [2.75, 3.05) is 92.4 Å². The number of pyridine rings is 2. The van der Waals surface area contributed by atoms with E-state index >= 15 is 0 Å². The van der Waals surface area contributed by atoms with Gasteiger partial charge < -0.3 is 84.6 Å². The van der Waals surface area contributed by atoms with Crippen molar-refractivity contribution in [2.24, 2.45) is 0 Å². The fraction of sp³-hybridized carbons (Fsp3) is 0.393. The molecule has 1 aliphatic carbocycles. The summed E-state index contributed by atoms with van der Waals surface area (Å²) in [5.41, 5.74) is 8.70. The Labute approximate surface area is 721 Å². The molecule has 0 bridgehead atoms. The van der Waals surface area contributed by atoms with E-state index in [-0.39, 0.29) is 201 Å². The summed E-state index contributed by atoms with van der Waals surface area (Å²) in [6.07, 6.45) is 9.19. The van der Waals surface area contributed by atoms with E-state index in [4.69, 9.17) is 75.8 Å². The quantitative estimate of drug-likeness (QED) is 0.0198. The Hall–Kier alpha value is -12.8. The molecule has 35 heteroatoms. The van der Waals surface area contributed by atoms with Crippen molar-refractivity contribution < 1.29 is 133 Å². The Morgan fingerprint density at radius 1 is 0.363 bits per heavy atom. The third kappa shape index (κ3) is 20.3. The summed E-state index contributed by atoms with van der Waals surface area (Å²) in [5.74, 6) is -1.32. The van der Waals surface area contributed by atoms with Gasteiger partial charge in [-0.2, -0.15) is 0 Å². The highest BCUT2D eigenvalue weighted by Gasteiger charge is 2.41. The first-order valence-corrected chi connectivity index (χ1v) is 43.6. The van der Waals surface area contributed by atoms with Crippen molar-refractivity contribution in [3.63, 3.8) is 0 Å². The number of amides is 4. The Morgan fingerprint density at radius 2 is 0.669 bits per heavy atom. The molecule has 124 heavy (non-hydrogen) atoms. The molecule has 0 N–H and O–H groups in total. The summed E-state index contributed by atoms with van der Waals surface area (Å²) in [5, 5.41) is 11.3. The monoisotopic (exact) mass is 1760 g/mol. The van der Waals surface area contributed by atoms with E-state index in [1.165, 1.54) is 58.3 Å². The van der Waals surface area contributed by atoms with Crippen molar-refractivity contribution in [1.29, 1.82) is 0 Å². The van der Waals surface area contributed by atoms with Gasteiger partial charge in [0.15, 0.2) is 70.4 Å². The van der Waals surface area contributed by atoms with Crippen molar-refractivity contribution in [3.8, 4) is 45.9 Å². The zero-order valence-electron chi connectivity index (χ0n) is 67.8.